The second-order valence-electron chi connectivity index (χ2n) is 7.98. The van der Waals surface area contributed by atoms with Gasteiger partial charge in [0.25, 0.3) is 0 Å². The van der Waals surface area contributed by atoms with Crippen LogP contribution in [0.5, 0.6) is 0 Å². The van der Waals surface area contributed by atoms with Crippen LogP contribution in [0.2, 0.25) is 0 Å². The minimum Gasteiger partial charge on any atom is -0.354 e. The third-order valence-corrected chi connectivity index (χ3v) is 5.15. The first-order chi connectivity index (χ1) is 13.4. The zero-order valence-corrected chi connectivity index (χ0v) is 17.8. The van der Waals surface area contributed by atoms with Crippen LogP contribution in [0, 0.1) is 0 Å². The summed E-state index contributed by atoms with van der Waals surface area (Å²) in [6.45, 7) is 5.82. The zero-order valence-electron chi connectivity index (χ0n) is 17.8. The van der Waals surface area contributed by atoms with Crippen LogP contribution in [-0.2, 0) is 20.0 Å². The zero-order chi connectivity index (χ0) is 20.3. The van der Waals surface area contributed by atoms with E-state index in [0.717, 1.165) is 43.5 Å². The summed E-state index contributed by atoms with van der Waals surface area (Å²) in [4.78, 5) is 11.3. The largest absolute Gasteiger partial charge is 0.354 e. The summed E-state index contributed by atoms with van der Waals surface area (Å²) in [5, 5.41) is 16.0. The van der Waals surface area contributed by atoms with E-state index in [2.05, 4.69) is 69.8 Å². The molecule has 2 aromatic heterocycles. The first-order valence-corrected chi connectivity index (χ1v) is 9.93. The molecule has 9 nitrogen and oxygen atoms in total. The van der Waals surface area contributed by atoms with Gasteiger partial charge in [0, 0.05) is 50.8 Å². The average Bonchev–Trinajstić information content (AvgIpc) is 3.26. The Labute approximate surface area is 167 Å². The Kier molecular flexibility index (Phi) is 6.33. The summed E-state index contributed by atoms with van der Waals surface area (Å²) in [5.41, 5.74) is 1.18. The molecule has 0 aliphatic carbocycles. The lowest BCUT2D eigenvalue weighted by molar-refractivity contribution is 0.297. The van der Waals surface area contributed by atoms with Crippen molar-refractivity contribution < 1.29 is 0 Å². The van der Waals surface area contributed by atoms with Crippen molar-refractivity contribution in [1.82, 2.24) is 40.1 Å². The standard InChI is InChI=1S/C19H33N9/c1-13(2)18-24-17-8-7-15(12-28(17)25-18)23-19(20-3)21-10-16(26(4)5)14-9-22-27(6)11-14/h9,11,13,15-16H,7-8,10,12H2,1-6H3,(H2,20,21,23). The van der Waals surface area contributed by atoms with E-state index in [-0.39, 0.29) is 12.1 Å². The molecule has 2 atom stereocenters. The molecule has 2 unspecified atom stereocenters. The van der Waals surface area contributed by atoms with E-state index in [4.69, 9.17) is 0 Å². The molecule has 9 heteroatoms. The lowest BCUT2D eigenvalue weighted by Crippen LogP contribution is -2.48. The van der Waals surface area contributed by atoms with Crippen molar-refractivity contribution in [3.05, 3.63) is 29.6 Å². The molecule has 3 rings (SSSR count). The number of aromatic nitrogens is 5. The topological polar surface area (TPSA) is 88.2 Å². The number of hydrogen-bond donors (Lipinski definition) is 2. The van der Waals surface area contributed by atoms with Gasteiger partial charge in [0.2, 0.25) is 0 Å². The van der Waals surface area contributed by atoms with Crippen LogP contribution in [0.1, 0.15) is 49.4 Å². The summed E-state index contributed by atoms with van der Waals surface area (Å²) < 4.78 is 3.88. The average molecular weight is 388 g/mol. The summed E-state index contributed by atoms with van der Waals surface area (Å²) >= 11 is 0. The second-order valence-corrected chi connectivity index (χ2v) is 7.98. The monoisotopic (exact) mass is 387 g/mol. The first-order valence-electron chi connectivity index (χ1n) is 9.93. The van der Waals surface area contributed by atoms with Crippen molar-refractivity contribution in [2.45, 2.75) is 51.2 Å². The van der Waals surface area contributed by atoms with Crippen molar-refractivity contribution in [1.29, 1.82) is 0 Å². The molecule has 2 N–H and O–H groups in total. The molecular formula is C19H33N9. The van der Waals surface area contributed by atoms with Gasteiger partial charge < -0.3 is 15.5 Å². The molecule has 0 radical (unpaired) electrons. The molecule has 154 valence electrons. The predicted octanol–water partition coefficient (Wildman–Crippen LogP) is 0.918. The van der Waals surface area contributed by atoms with Gasteiger partial charge in [-0.3, -0.25) is 9.67 Å². The van der Waals surface area contributed by atoms with Gasteiger partial charge >= 0.3 is 0 Å². The van der Waals surface area contributed by atoms with Gasteiger partial charge in [0.05, 0.1) is 18.8 Å². The Balaban J connectivity index is 1.58. The van der Waals surface area contributed by atoms with Gasteiger partial charge in [-0.15, -0.1) is 0 Å². The summed E-state index contributed by atoms with van der Waals surface area (Å²) in [6.07, 6.45) is 5.94. The molecule has 0 spiro atoms. The maximum Gasteiger partial charge on any atom is 0.191 e. The van der Waals surface area contributed by atoms with E-state index in [1.165, 1.54) is 5.56 Å². The van der Waals surface area contributed by atoms with Crippen LogP contribution >= 0.6 is 0 Å². The second kappa shape index (κ2) is 8.72. The molecule has 1 aliphatic heterocycles. The van der Waals surface area contributed by atoms with Gasteiger partial charge in [-0.2, -0.15) is 10.2 Å². The smallest absolute Gasteiger partial charge is 0.191 e. The first kappa shape index (κ1) is 20.3. The van der Waals surface area contributed by atoms with Gasteiger partial charge in [0.1, 0.15) is 5.82 Å². The SMILES string of the molecule is CN=C(NCC(c1cnn(C)c1)N(C)C)NC1CCc2nc(C(C)C)nn2C1. The number of nitrogens with zero attached hydrogens (tertiary/aromatic N) is 7. The molecule has 0 amide bonds. The number of aryl methyl sites for hydroxylation is 2. The molecule has 0 bridgehead atoms. The Morgan fingerprint density at radius 3 is 2.79 bits per heavy atom. The summed E-state index contributed by atoms with van der Waals surface area (Å²) in [7, 11) is 7.91. The van der Waals surface area contributed by atoms with Crippen LogP contribution in [0.25, 0.3) is 0 Å². The predicted molar refractivity (Wildman–Crippen MR) is 110 cm³/mol. The van der Waals surface area contributed by atoms with Crippen molar-refractivity contribution in [2.24, 2.45) is 12.0 Å². The van der Waals surface area contributed by atoms with Crippen LogP contribution in [0.3, 0.4) is 0 Å². The molecule has 0 fully saturated rings. The number of nitrogens with one attached hydrogen (secondary N) is 2. The molecule has 0 saturated heterocycles. The molecule has 1 aliphatic rings. The van der Waals surface area contributed by atoms with E-state index in [9.17, 15) is 0 Å². The van der Waals surface area contributed by atoms with Gasteiger partial charge in [-0.25, -0.2) is 9.67 Å². The highest BCUT2D eigenvalue weighted by atomic mass is 15.4. The summed E-state index contributed by atoms with van der Waals surface area (Å²) in [6, 6.07) is 0.505. The maximum atomic E-state index is 4.66. The fourth-order valence-corrected chi connectivity index (χ4v) is 3.48. The molecular weight excluding hydrogens is 354 g/mol. The lowest BCUT2D eigenvalue weighted by Gasteiger charge is -2.28. The van der Waals surface area contributed by atoms with E-state index in [0.29, 0.717) is 5.92 Å². The minimum atomic E-state index is 0.217. The fraction of sp³-hybridized carbons (Fsp3) is 0.684. The highest BCUT2D eigenvalue weighted by molar-refractivity contribution is 5.80. The van der Waals surface area contributed by atoms with E-state index in [1.54, 1.807) is 0 Å². The highest BCUT2D eigenvalue weighted by Gasteiger charge is 2.23. The Morgan fingerprint density at radius 2 is 2.18 bits per heavy atom. The molecule has 28 heavy (non-hydrogen) atoms. The number of likely N-dealkylation sites (N-methyl/N-ethyl adjacent to an activating group) is 1. The fourth-order valence-electron chi connectivity index (χ4n) is 3.48. The van der Waals surface area contributed by atoms with Gasteiger partial charge in [0.15, 0.2) is 11.8 Å². The highest BCUT2D eigenvalue weighted by Crippen LogP contribution is 2.18. The Bertz CT molecular complexity index is 802. The number of guanidine groups is 1. The molecule has 3 heterocycles. The van der Waals surface area contributed by atoms with E-state index < -0.39 is 0 Å². The third-order valence-electron chi connectivity index (χ3n) is 5.15. The molecule has 2 aromatic rings. The van der Waals surface area contributed by atoms with Crippen molar-refractivity contribution in [3.8, 4) is 0 Å². The van der Waals surface area contributed by atoms with Crippen LogP contribution < -0.4 is 10.6 Å². The van der Waals surface area contributed by atoms with Crippen LogP contribution in [0.4, 0.5) is 0 Å². The minimum absolute atomic E-state index is 0.217. The normalized spacial score (nSPS) is 18.4. The Morgan fingerprint density at radius 1 is 1.39 bits per heavy atom. The maximum absolute atomic E-state index is 4.66. The lowest BCUT2D eigenvalue weighted by atomic mass is 10.1. The molecule has 0 aromatic carbocycles. The number of fused-ring (bicyclic) bond motifs is 1. The van der Waals surface area contributed by atoms with E-state index in [1.807, 2.05) is 29.7 Å². The van der Waals surface area contributed by atoms with Gasteiger partial charge in [-0.05, 0) is 20.5 Å². The van der Waals surface area contributed by atoms with Crippen molar-refractivity contribution in [3.63, 3.8) is 0 Å². The summed E-state index contributed by atoms with van der Waals surface area (Å²) in [5.74, 6) is 3.19. The number of hydrogen-bond acceptors (Lipinski definition) is 5. The quantitative estimate of drug-likeness (QED) is 0.566. The van der Waals surface area contributed by atoms with Gasteiger partial charge in [-0.1, -0.05) is 13.8 Å². The van der Waals surface area contributed by atoms with E-state index >= 15 is 0 Å². The Hall–Kier alpha value is -2.42. The van der Waals surface area contributed by atoms with Crippen molar-refractivity contribution in [2.75, 3.05) is 27.7 Å². The number of rotatable bonds is 6. The number of aliphatic imine (C=N–C) groups is 1. The van der Waals surface area contributed by atoms with Crippen LogP contribution in [-0.4, -0.2) is 69.1 Å². The molecule has 0 saturated carbocycles. The third kappa shape index (κ3) is 4.70. The van der Waals surface area contributed by atoms with Crippen LogP contribution in [0.15, 0.2) is 17.4 Å². The van der Waals surface area contributed by atoms with Crippen molar-refractivity contribution >= 4 is 5.96 Å².